The summed E-state index contributed by atoms with van der Waals surface area (Å²) in [7, 11) is 5.98. The van der Waals surface area contributed by atoms with Gasteiger partial charge in [0.15, 0.2) is 6.10 Å². The van der Waals surface area contributed by atoms with E-state index < -0.39 is 18.4 Å². The lowest BCUT2D eigenvalue weighted by molar-refractivity contribution is -0.870. The van der Waals surface area contributed by atoms with Crippen molar-refractivity contribution < 1.29 is 42.9 Å². The van der Waals surface area contributed by atoms with Gasteiger partial charge in [-0.25, -0.2) is 4.79 Å². The number of esters is 2. The quantitative estimate of drug-likeness (QED) is 0.0211. The minimum absolute atomic E-state index is 0.176. The molecule has 9 heteroatoms. The van der Waals surface area contributed by atoms with Crippen molar-refractivity contribution in [3.05, 3.63) is 24.3 Å². The zero-order valence-corrected chi connectivity index (χ0v) is 47.7. The highest BCUT2D eigenvalue weighted by Crippen LogP contribution is 2.18. The number of rotatable bonds is 57. The van der Waals surface area contributed by atoms with E-state index in [4.69, 9.17) is 18.9 Å². The summed E-state index contributed by atoms with van der Waals surface area (Å²) in [6, 6.07) is 0. The van der Waals surface area contributed by atoms with Crippen LogP contribution in [0.25, 0.3) is 0 Å². The lowest BCUT2D eigenvalue weighted by Gasteiger charge is -2.25. The average molecular weight is 1010 g/mol. The van der Waals surface area contributed by atoms with Crippen molar-refractivity contribution in [3.8, 4) is 0 Å². The van der Waals surface area contributed by atoms with Crippen LogP contribution in [-0.4, -0.2) is 87.4 Å². The molecule has 0 aromatic rings. The SMILES string of the molecule is CCCCCCC/C=C\C/C=C\CCCCCCCCCCCCCCCCCC(=O)OC(COC(=O)CCCCCCCCCCCCCCCCCCCCC)COC(OCC[N+](C)(C)C)C(=O)O. The summed E-state index contributed by atoms with van der Waals surface area (Å²) >= 11 is 0. The number of carboxylic acids is 1. The number of carbonyl (C=O) groups excluding carboxylic acids is 2. The summed E-state index contributed by atoms with van der Waals surface area (Å²) in [6.45, 7) is 4.92. The summed E-state index contributed by atoms with van der Waals surface area (Å²) in [5.41, 5.74) is 0. The molecule has 0 fully saturated rings. The van der Waals surface area contributed by atoms with E-state index in [-0.39, 0.29) is 38.2 Å². The van der Waals surface area contributed by atoms with Crippen LogP contribution in [0.1, 0.15) is 296 Å². The van der Waals surface area contributed by atoms with Gasteiger partial charge in [-0.1, -0.05) is 263 Å². The topological polar surface area (TPSA) is 108 Å². The Labute approximate surface area is 439 Å². The molecule has 1 N–H and O–H groups in total. The second-order valence-corrected chi connectivity index (χ2v) is 22.0. The highest BCUT2D eigenvalue weighted by atomic mass is 16.7. The van der Waals surface area contributed by atoms with Crippen molar-refractivity contribution in [2.75, 3.05) is 47.5 Å². The van der Waals surface area contributed by atoms with Gasteiger partial charge < -0.3 is 28.5 Å². The van der Waals surface area contributed by atoms with E-state index in [1.807, 2.05) is 21.1 Å². The Hall–Kier alpha value is -2.23. The Kier molecular flexibility index (Phi) is 52.3. The summed E-state index contributed by atoms with van der Waals surface area (Å²) < 4.78 is 22.9. The second-order valence-electron chi connectivity index (χ2n) is 22.0. The zero-order valence-electron chi connectivity index (χ0n) is 47.7. The minimum atomic E-state index is -1.51. The third-order valence-electron chi connectivity index (χ3n) is 13.7. The van der Waals surface area contributed by atoms with Crippen LogP contribution in [0.3, 0.4) is 0 Å². The lowest BCUT2D eigenvalue weighted by atomic mass is 10.0. The fraction of sp³-hybridized carbons (Fsp3) is 0.887. The Morgan fingerprint density at radius 2 is 0.761 bits per heavy atom. The molecule has 0 saturated heterocycles. The number of nitrogens with zero attached hydrogens (tertiary/aromatic N) is 1. The molecular formula is C62H118NO8+. The third-order valence-corrected chi connectivity index (χ3v) is 13.7. The van der Waals surface area contributed by atoms with Crippen LogP contribution in [0.4, 0.5) is 0 Å². The van der Waals surface area contributed by atoms with Gasteiger partial charge in [0.2, 0.25) is 0 Å². The fourth-order valence-corrected chi connectivity index (χ4v) is 8.99. The van der Waals surface area contributed by atoms with Gasteiger partial charge in [-0.05, 0) is 44.9 Å². The first-order chi connectivity index (χ1) is 34.6. The molecule has 0 amide bonds. The summed E-state index contributed by atoms with van der Waals surface area (Å²) in [5.74, 6) is -1.98. The Morgan fingerprint density at radius 1 is 0.423 bits per heavy atom. The largest absolute Gasteiger partial charge is 0.477 e. The van der Waals surface area contributed by atoms with Crippen molar-refractivity contribution in [1.82, 2.24) is 0 Å². The van der Waals surface area contributed by atoms with Crippen LogP contribution in [-0.2, 0) is 33.3 Å². The van der Waals surface area contributed by atoms with Gasteiger partial charge in [0, 0.05) is 12.8 Å². The van der Waals surface area contributed by atoms with Gasteiger partial charge in [-0.2, -0.15) is 0 Å². The summed E-state index contributed by atoms with van der Waals surface area (Å²) in [4.78, 5) is 37.5. The molecule has 418 valence electrons. The first-order valence-corrected chi connectivity index (χ1v) is 30.5. The van der Waals surface area contributed by atoms with Gasteiger partial charge in [0.1, 0.15) is 13.2 Å². The predicted molar refractivity (Wildman–Crippen MR) is 300 cm³/mol. The van der Waals surface area contributed by atoms with Gasteiger partial charge in [0.05, 0.1) is 34.4 Å². The maximum Gasteiger partial charge on any atom is 0.361 e. The maximum atomic E-state index is 12.9. The molecule has 0 saturated carbocycles. The van der Waals surface area contributed by atoms with E-state index in [0.717, 1.165) is 44.9 Å². The van der Waals surface area contributed by atoms with E-state index >= 15 is 0 Å². The highest BCUT2D eigenvalue weighted by molar-refractivity contribution is 5.71. The van der Waals surface area contributed by atoms with Crippen LogP contribution in [0.5, 0.6) is 0 Å². The number of allylic oxidation sites excluding steroid dienone is 4. The highest BCUT2D eigenvalue weighted by Gasteiger charge is 2.25. The van der Waals surface area contributed by atoms with Crippen LogP contribution >= 0.6 is 0 Å². The molecule has 9 nitrogen and oxygen atoms in total. The smallest absolute Gasteiger partial charge is 0.361 e. The van der Waals surface area contributed by atoms with Crippen LogP contribution in [0.2, 0.25) is 0 Å². The van der Waals surface area contributed by atoms with E-state index in [2.05, 4.69) is 38.2 Å². The van der Waals surface area contributed by atoms with E-state index in [1.165, 1.54) is 225 Å². The van der Waals surface area contributed by atoms with Gasteiger partial charge in [0.25, 0.3) is 6.29 Å². The molecule has 71 heavy (non-hydrogen) atoms. The normalized spacial score (nSPS) is 12.9. The van der Waals surface area contributed by atoms with Crippen molar-refractivity contribution >= 4 is 17.9 Å². The molecule has 0 spiro atoms. The molecule has 0 bridgehead atoms. The summed E-state index contributed by atoms with van der Waals surface area (Å²) in [5, 5.41) is 9.71. The van der Waals surface area contributed by atoms with Crippen molar-refractivity contribution in [2.45, 2.75) is 309 Å². The third kappa shape index (κ3) is 55.4. The molecule has 0 aliphatic rings. The van der Waals surface area contributed by atoms with Gasteiger partial charge in [-0.3, -0.25) is 9.59 Å². The number of unbranched alkanes of at least 4 members (excludes halogenated alkanes) is 38. The van der Waals surface area contributed by atoms with Crippen molar-refractivity contribution in [1.29, 1.82) is 0 Å². The molecule has 0 aliphatic carbocycles. The van der Waals surface area contributed by atoms with Crippen molar-refractivity contribution in [3.63, 3.8) is 0 Å². The number of quaternary nitrogens is 1. The van der Waals surface area contributed by atoms with Crippen LogP contribution in [0, 0.1) is 0 Å². The second kappa shape index (κ2) is 54.0. The van der Waals surface area contributed by atoms with Crippen LogP contribution in [0.15, 0.2) is 24.3 Å². The predicted octanol–water partition coefficient (Wildman–Crippen LogP) is 17.9. The first-order valence-electron chi connectivity index (χ1n) is 30.5. The number of carboxylic acid groups (broad SMARTS) is 1. The number of aliphatic carboxylic acids is 1. The first kappa shape index (κ1) is 68.8. The molecule has 0 aromatic carbocycles. The van der Waals surface area contributed by atoms with E-state index in [1.54, 1.807) is 0 Å². The van der Waals surface area contributed by atoms with Gasteiger partial charge >= 0.3 is 17.9 Å². The van der Waals surface area contributed by atoms with Crippen molar-refractivity contribution in [2.24, 2.45) is 0 Å². The minimum Gasteiger partial charge on any atom is -0.477 e. The number of carbonyl (C=O) groups is 3. The Morgan fingerprint density at radius 3 is 1.11 bits per heavy atom. The number of hydrogen-bond acceptors (Lipinski definition) is 7. The molecule has 0 aliphatic heterocycles. The monoisotopic (exact) mass is 1000 g/mol. The number of ether oxygens (including phenoxy) is 4. The zero-order chi connectivity index (χ0) is 52.0. The Balaban J connectivity index is 4.16. The molecule has 2 unspecified atom stereocenters. The maximum absolute atomic E-state index is 12.9. The lowest BCUT2D eigenvalue weighted by Crippen LogP contribution is -2.40. The average Bonchev–Trinajstić information content (AvgIpc) is 3.34. The van der Waals surface area contributed by atoms with Crippen LogP contribution < -0.4 is 0 Å². The molecule has 0 radical (unpaired) electrons. The number of hydrogen-bond donors (Lipinski definition) is 1. The summed E-state index contributed by atoms with van der Waals surface area (Å²) in [6.07, 6.45) is 61.2. The molecule has 0 aromatic heterocycles. The molecule has 0 heterocycles. The molecular weight excluding hydrogens is 887 g/mol. The van der Waals surface area contributed by atoms with Gasteiger partial charge in [-0.15, -0.1) is 0 Å². The fourth-order valence-electron chi connectivity index (χ4n) is 8.99. The Bertz CT molecular complexity index is 1210. The number of likely N-dealkylation sites (N-methyl/N-ethyl adjacent to an activating group) is 1. The van der Waals surface area contributed by atoms with E-state index in [9.17, 15) is 19.5 Å². The standard InChI is InChI=1S/C62H117NO8/c1-6-8-10-12-14-16-18-20-22-24-26-27-28-29-30-31-32-33-35-37-39-41-43-45-47-49-51-53-60(65)71-58(57-70-62(61(66)67)68-55-54-63(3,4)5)56-69-59(64)52-50-48-46-44-42-40-38-36-34-25-23-21-19-17-15-13-11-9-7-2/h18,20,24,26,58,62H,6-17,19,21-23,25,27-57H2,1-5H3/p+1/b20-18-,26-24-. The molecule has 2 atom stereocenters. The molecule has 0 rings (SSSR count). The van der Waals surface area contributed by atoms with E-state index in [0.29, 0.717) is 17.4 Å².